The van der Waals surface area contributed by atoms with Crippen LogP contribution < -0.4 is 4.90 Å². The lowest BCUT2D eigenvalue weighted by Gasteiger charge is -2.35. The van der Waals surface area contributed by atoms with Gasteiger partial charge in [0.1, 0.15) is 5.82 Å². The lowest BCUT2D eigenvalue weighted by atomic mass is 10.1. The Labute approximate surface area is 159 Å². The number of carbonyl (C=O) groups excluding carboxylic acids is 2. The summed E-state index contributed by atoms with van der Waals surface area (Å²) in [5.74, 6) is -0.465. The molecule has 2 aromatic carbocycles. The highest BCUT2D eigenvalue weighted by Crippen LogP contribution is 2.16. The number of hydrogen-bond donors (Lipinski definition) is 0. The summed E-state index contributed by atoms with van der Waals surface area (Å²) in [6, 6.07) is 11.9. The van der Waals surface area contributed by atoms with Gasteiger partial charge in [-0.25, -0.2) is 4.39 Å². The van der Waals surface area contributed by atoms with Gasteiger partial charge in [-0.2, -0.15) is 0 Å². The third-order valence-corrected chi connectivity index (χ3v) is 4.89. The number of anilines is 1. The largest absolute Gasteiger partial charge is 0.378 e. The molecule has 0 atom stereocenters. The first-order valence-electron chi connectivity index (χ1n) is 8.99. The molecule has 0 N–H and O–H groups in total. The van der Waals surface area contributed by atoms with Crippen LogP contribution in [0.2, 0.25) is 0 Å². The minimum absolute atomic E-state index is 0.0231. The Kier molecular flexibility index (Phi) is 5.44. The van der Waals surface area contributed by atoms with Crippen LogP contribution in [0.15, 0.2) is 42.5 Å². The first-order valence-corrected chi connectivity index (χ1v) is 8.99. The van der Waals surface area contributed by atoms with E-state index in [0.717, 1.165) is 5.69 Å². The molecule has 5 nitrogen and oxygen atoms in total. The van der Waals surface area contributed by atoms with E-state index in [2.05, 4.69) is 0 Å². The fourth-order valence-electron chi connectivity index (χ4n) is 3.16. The van der Waals surface area contributed by atoms with Gasteiger partial charge in [0.2, 0.25) is 0 Å². The van der Waals surface area contributed by atoms with Gasteiger partial charge in [-0.15, -0.1) is 0 Å². The van der Waals surface area contributed by atoms with Crippen LogP contribution in [0.4, 0.5) is 10.1 Å². The van der Waals surface area contributed by atoms with Crippen molar-refractivity contribution in [3.63, 3.8) is 0 Å². The molecule has 0 aliphatic carbocycles. The Balaban J connectivity index is 1.61. The van der Waals surface area contributed by atoms with Gasteiger partial charge in [0.05, 0.1) is 0 Å². The zero-order valence-electron chi connectivity index (χ0n) is 15.9. The fourth-order valence-corrected chi connectivity index (χ4v) is 3.16. The summed E-state index contributed by atoms with van der Waals surface area (Å²) in [6.45, 7) is 3.55. The number of carbonyl (C=O) groups is 2. The highest BCUT2D eigenvalue weighted by molar-refractivity contribution is 5.96. The first-order chi connectivity index (χ1) is 12.9. The standard InChI is InChI=1S/C21H24FN3O2/c1-15-14-17(6-9-19(15)22)21(27)25-12-10-24(11-13-25)20(26)16-4-7-18(8-5-16)23(2)3/h4-9,14H,10-13H2,1-3H3. The van der Waals surface area contributed by atoms with Crippen molar-refractivity contribution in [2.45, 2.75) is 6.92 Å². The van der Waals surface area contributed by atoms with Crippen LogP contribution in [-0.2, 0) is 0 Å². The van der Waals surface area contributed by atoms with Crippen LogP contribution in [0.25, 0.3) is 0 Å². The molecule has 2 amide bonds. The molecule has 1 fully saturated rings. The van der Waals surface area contributed by atoms with Crippen molar-refractivity contribution in [1.29, 1.82) is 0 Å². The second-order valence-corrected chi connectivity index (χ2v) is 6.99. The summed E-state index contributed by atoms with van der Waals surface area (Å²) < 4.78 is 13.4. The SMILES string of the molecule is Cc1cc(C(=O)N2CCN(C(=O)c3ccc(N(C)C)cc3)CC2)ccc1F. The fraction of sp³-hybridized carbons (Fsp3) is 0.333. The van der Waals surface area contributed by atoms with Crippen molar-refractivity contribution in [1.82, 2.24) is 9.80 Å². The van der Waals surface area contributed by atoms with E-state index in [1.807, 2.05) is 43.3 Å². The van der Waals surface area contributed by atoms with Crippen molar-refractivity contribution in [3.05, 3.63) is 65.0 Å². The maximum atomic E-state index is 13.4. The Bertz CT molecular complexity index is 841. The van der Waals surface area contributed by atoms with E-state index in [1.54, 1.807) is 22.8 Å². The number of benzene rings is 2. The number of piperazine rings is 1. The van der Waals surface area contributed by atoms with Gasteiger partial charge in [0, 0.05) is 57.1 Å². The zero-order valence-corrected chi connectivity index (χ0v) is 15.9. The van der Waals surface area contributed by atoms with Crippen molar-refractivity contribution < 1.29 is 14.0 Å². The second kappa shape index (κ2) is 7.78. The van der Waals surface area contributed by atoms with Gasteiger partial charge >= 0.3 is 0 Å². The zero-order chi connectivity index (χ0) is 19.6. The summed E-state index contributed by atoms with van der Waals surface area (Å²) in [5, 5.41) is 0. The average Bonchev–Trinajstić information content (AvgIpc) is 2.69. The maximum absolute atomic E-state index is 13.4. The normalized spacial score (nSPS) is 14.2. The van der Waals surface area contributed by atoms with Crippen molar-refractivity contribution in [3.8, 4) is 0 Å². The van der Waals surface area contributed by atoms with Gasteiger partial charge in [-0.1, -0.05) is 0 Å². The molecule has 0 bridgehead atoms. The highest BCUT2D eigenvalue weighted by Gasteiger charge is 2.25. The molecule has 1 heterocycles. The Morgan fingerprint density at radius 1 is 0.852 bits per heavy atom. The van der Waals surface area contributed by atoms with Crippen LogP contribution in [0.1, 0.15) is 26.3 Å². The predicted molar refractivity (Wildman–Crippen MR) is 104 cm³/mol. The molecule has 0 unspecified atom stereocenters. The molecule has 1 aliphatic heterocycles. The van der Waals surface area contributed by atoms with Crippen molar-refractivity contribution in [2.24, 2.45) is 0 Å². The Morgan fingerprint density at radius 2 is 1.33 bits per heavy atom. The van der Waals surface area contributed by atoms with E-state index in [9.17, 15) is 14.0 Å². The number of rotatable bonds is 3. The lowest BCUT2D eigenvalue weighted by molar-refractivity contribution is 0.0535. The quantitative estimate of drug-likeness (QED) is 0.836. The topological polar surface area (TPSA) is 43.9 Å². The van der Waals surface area contributed by atoms with E-state index < -0.39 is 0 Å². The number of amides is 2. The van der Waals surface area contributed by atoms with Crippen molar-refractivity contribution in [2.75, 3.05) is 45.2 Å². The van der Waals surface area contributed by atoms with E-state index in [0.29, 0.717) is 42.9 Å². The predicted octanol–water partition coefficient (Wildman–Crippen LogP) is 2.80. The first kappa shape index (κ1) is 18.9. The van der Waals surface area contributed by atoms with Crippen LogP contribution in [-0.4, -0.2) is 61.9 Å². The minimum atomic E-state index is -0.317. The number of halogens is 1. The van der Waals surface area contributed by atoms with Crippen LogP contribution in [0, 0.1) is 12.7 Å². The highest BCUT2D eigenvalue weighted by atomic mass is 19.1. The molecule has 6 heteroatoms. The maximum Gasteiger partial charge on any atom is 0.253 e. The minimum Gasteiger partial charge on any atom is -0.378 e. The van der Waals surface area contributed by atoms with Crippen LogP contribution in [0.3, 0.4) is 0 Å². The summed E-state index contributed by atoms with van der Waals surface area (Å²) in [6.07, 6.45) is 0. The van der Waals surface area contributed by atoms with Crippen LogP contribution in [0.5, 0.6) is 0 Å². The van der Waals surface area contributed by atoms with Crippen LogP contribution >= 0.6 is 0 Å². The molecule has 2 aromatic rings. The molecule has 1 aliphatic rings. The summed E-state index contributed by atoms with van der Waals surface area (Å²) in [5.41, 5.74) is 2.62. The summed E-state index contributed by atoms with van der Waals surface area (Å²) in [4.78, 5) is 30.7. The van der Waals surface area contributed by atoms with E-state index in [1.165, 1.54) is 12.1 Å². The third-order valence-electron chi connectivity index (χ3n) is 4.89. The summed E-state index contributed by atoms with van der Waals surface area (Å²) >= 11 is 0. The van der Waals surface area contributed by atoms with Crippen molar-refractivity contribution >= 4 is 17.5 Å². The molecule has 0 aromatic heterocycles. The Hall–Kier alpha value is -2.89. The number of aryl methyl sites for hydroxylation is 1. The van der Waals surface area contributed by atoms with Gasteiger partial charge in [0.15, 0.2) is 0 Å². The molecular formula is C21H24FN3O2. The molecular weight excluding hydrogens is 345 g/mol. The smallest absolute Gasteiger partial charge is 0.253 e. The lowest BCUT2D eigenvalue weighted by Crippen LogP contribution is -2.50. The summed E-state index contributed by atoms with van der Waals surface area (Å²) in [7, 11) is 3.91. The van der Waals surface area contributed by atoms with Gasteiger partial charge in [0.25, 0.3) is 11.8 Å². The molecule has 0 saturated carbocycles. The molecule has 0 spiro atoms. The molecule has 3 rings (SSSR count). The molecule has 27 heavy (non-hydrogen) atoms. The number of nitrogens with zero attached hydrogens (tertiary/aromatic N) is 3. The average molecular weight is 369 g/mol. The van der Waals surface area contributed by atoms with Gasteiger partial charge in [-0.3, -0.25) is 9.59 Å². The van der Waals surface area contributed by atoms with E-state index in [-0.39, 0.29) is 17.6 Å². The van der Waals surface area contributed by atoms with Gasteiger partial charge in [-0.05, 0) is 55.0 Å². The monoisotopic (exact) mass is 369 g/mol. The Morgan fingerprint density at radius 3 is 1.81 bits per heavy atom. The molecule has 1 saturated heterocycles. The third kappa shape index (κ3) is 4.10. The van der Waals surface area contributed by atoms with E-state index >= 15 is 0 Å². The van der Waals surface area contributed by atoms with E-state index in [4.69, 9.17) is 0 Å². The second-order valence-electron chi connectivity index (χ2n) is 6.99. The van der Waals surface area contributed by atoms with Gasteiger partial charge < -0.3 is 14.7 Å². The molecule has 142 valence electrons. The molecule has 0 radical (unpaired) electrons. The number of hydrogen-bond acceptors (Lipinski definition) is 3.